The molecule has 0 fully saturated rings. The molecule has 12 heteroatoms. The van der Waals surface area contributed by atoms with Crippen LogP contribution in [-0.4, -0.2) is 49.5 Å². The first-order valence-corrected chi connectivity index (χ1v) is 12.7. The average molecular weight is 560 g/mol. The second-order valence-corrected chi connectivity index (χ2v) is 9.61. The van der Waals surface area contributed by atoms with E-state index in [-0.39, 0.29) is 11.3 Å². The summed E-state index contributed by atoms with van der Waals surface area (Å²) in [6.07, 6.45) is 2.10. The molecule has 5 rings (SSSR count). The zero-order chi connectivity index (χ0) is 28.6. The normalized spacial score (nSPS) is 11.2. The molecule has 2 aromatic carbocycles. The molecule has 11 nitrogen and oxygen atoms in total. The van der Waals surface area contributed by atoms with Crippen LogP contribution in [0.3, 0.4) is 0 Å². The Labute approximate surface area is 233 Å². The third kappa shape index (κ3) is 4.99. The fourth-order valence-corrected chi connectivity index (χ4v) is 4.86. The predicted octanol–water partition coefficient (Wildman–Crippen LogP) is 3.39. The van der Waals surface area contributed by atoms with E-state index in [1.807, 2.05) is 24.3 Å². The standard InChI is InChI=1S/C28H26ClN7O4/c1-16-32-34(2)28(39)36(16)21-9-7-17(8-10-21)24-22(11-12-40-3)25-23(14-19(29)15-35(25)33-24)27(38)31-20-6-4-5-18(13-20)26(30)37/h4-10,13-15H,11-12H2,1-3H3,(H2,30,37)(H,31,38). The summed E-state index contributed by atoms with van der Waals surface area (Å²) in [5.41, 5.74) is 9.59. The first-order valence-electron chi connectivity index (χ1n) is 12.3. The number of nitrogens with one attached hydrogen (secondary N) is 1. The minimum absolute atomic E-state index is 0.245. The number of benzene rings is 2. The van der Waals surface area contributed by atoms with Gasteiger partial charge >= 0.3 is 5.69 Å². The second-order valence-electron chi connectivity index (χ2n) is 9.17. The van der Waals surface area contributed by atoms with Crippen LogP contribution in [0.1, 0.15) is 32.1 Å². The van der Waals surface area contributed by atoms with Gasteiger partial charge in [0.05, 0.1) is 34.1 Å². The highest BCUT2D eigenvalue weighted by Crippen LogP contribution is 2.31. The van der Waals surface area contributed by atoms with Crippen molar-refractivity contribution in [2.75, 3.05) is 19.0 Å². The van der Waals surface area contributed by atoms with Gasteiger partial charge in [0.25, 0.3) is 5.91 Å². The molecular weight excluding hydrogens is 534 g/mol. The molecule has 0 spiro atoms. The van der Waals surface area contributed by atoms with Crippen LogP contribution in [0, 0.1) is 6.92 Å². The van der Waals surface area contributed by atoms with Crippen LogP contribution in [0.2, 0.25) is 5.02 Å². The minimum Gasteiger partial charge on any atom is -0.384 e. The van der Waals surface area contributed by atoms with Gasteiger partial charge in [0.15, 0.2) is 0 Å². The van der Waals surface area contributed by atoms with Crippen LogP contribution in [0.25, 0.3) is 22.5 Å². The topological polar surface area (TPSA) is 139 Å². The number of rotatable bonds is 8. The molecular formula is C28H26ClN7O4. The number of aromatic nitrogens is 5. The SMILES string of the molecule is COCCc1c(-c2ccc(-n3c(C)nn(C)c3=O)cc2)nn2cc(Cl)cc(C(=O)Nc3cccc(C(N)=O)c3)c12. The van der Waals surface area contributed by atoms with Gasteiger partial charge in [0.2, 0.25) is 5.91 Å². The van der Waals surface area contributed by atoms with Crippen molar-refractivity contribution in [1.29, 1.82) is 0 Å². The van der Waals surface area contributed by atoms with Gasteiger partial charge in [-0.15, -0.1) is 0 Å². The number of carbonyl (C=O) groups is 2. The number of halogens is 1. The summed E-state index contributed by atoms with van der Waals surface area (Å²) >= 11 is 6.40. The molecule has 0 radical (unpaired) electrons. The molecule has 3 heterocycles. The fourth-order valence-electron chi connectivity index (χ4n) is 4.66. The Bertz CT molecular complexity index is 1820. The molecule has 5 aromatic rings. The highest BCUT2D eigenvalue weighted by molar-refractivity contribution is 6.31. The Kier molecular flexibility index (Phi) is 7.24. The molecule has 3 aromatic heterocycles. The summed E-state index contributed by atoms with van der Waals surface area (Å²) in [6, 6.07) is 15.3. The Morgan fingerprint density at radius 1 is 1.10 bits per heavy atom. The number of carbonyl (C=O) groups excluding carboxylic acids is 2. The molecule has 0 saturated heterocycles. The van der Waals surface area contributed by atoms with Gasteiger partial charge in [0, 0.05) is 49.2 Å². The quantitative estimate of drug-likeness (QED) is 0.299. The largest absolute Gasteiger partial charge is 0.384 e. The van der Waals surface area contributed by atoms with Gasteiger partial charge in [-0.3, -0.25) is 9.59 Å². The van der Waals surface area contributed by atoms with Gasteiger partial charge in [-0.25, -0.2) is 18.6 Å². The van der Waals surface area contributed by atoms with Crippen LogP contribution < -0.4 is 16.7 Å². The fraction of sp³-hybridized carbons (Fsp3) is 0.179. The molecule has 0 bridgehead atoms. The van der Waals surface area contributed by atoms with Crippen LogP contribution in [0.4, 0.5) is 5.69 Å². The van der Waals surface area contributed by atoms with E-state index in [1.54, 1.807) is 56.1 Å². The Hall–Kier alpha value is -4.74. The van der Waals surface area contributed by atoms with Gasteiger partial charge in [-0.1, -0.05) is 29.8 Å². The molecule has 0 aliphatic carbocycles. The Morgan fingerprint density at radius 2 is 1.85 bits per heavy atom. The van der Waals surface area contributed by atoms with E-state index >= 15 is 0 Å². The van der Waals surface area contributed by atoms with Crippen molar-refractivity contribution in [1.82, 2.24) is 24.0 Å². The minimum atomic E-state index is -0.599. The number of pyridine rings is 1. The summed E-state index contributed by atoms with van der Waals surface area (Å²) in [5.74, 6) is -0.459. The number of ether oxygens (including phenoxy) is 1. The van der Waals surface area contributed by atoms with Crippen molar-refractivity contribution in [2.24, 2.45) is 12.8 Å². The van der Waals surface area contributed by atoms with E-state index in [2.05, 4.69) is 10.4 Å². The first kappa shape index (κ1) is 26.9. The Balaban J connectivity index is 1.60. The summed E-state index contributed by atoms with van der Waals surface area (Å²) in [6.45, 7) is 2.15. The number of nitrogens with zero attached hydrogens (tertiary/aromatic N) is 5. The maximum absolute atomic E-state index is 13.5. The molecule has 0 aliphatic rings. The Morgan fingerprint density at radius 3 is 2.50 bits per heavy atom. The van der Waals surface area contributed by atoms with E-state index in [4.69, 9.17) is 27.2 Å². The van der Waals surface area contributed by atoms with Gasteiger partial charge < -0.3 is 15.8 Å². The van der Waals surface area contributed by atoms with Crippen molar-refractivity contribution in [3.05, 3.63) is 98.8 Å². The van der Waals surface area contributed by atoms with Crippen molar-refractivity contribution in [2.45, 2.75) is 13.3 Å². The maximum Gasteiger partial charge on any atom is 0.350 e. The number of hydrogen-bond acceptors (Lipinski definition) is 6. The number of fused-ring (bicyclic) bond motifs is 1. The molecule has 40 heavy (non-hydrogen) atoms. The van der Waals surface area contributed by atoms with Crippen LogP contribution >= 0.6 is 11.6 Å². The van der Waals surface area contributed by atoms with Gasteiger partial charge in [-0.05, 0) is 43.3 Å². The molecule has 0 aliphatic heterocycles. The number of nitrogens with two attached hydrogens (primary N) is 1. The molecule has 204 valence electrons. The molecule has 0 unspecified atom stereocenters. The lowest BCUT2D eigenvalue weighted by Crippen LogP contribution is -2.21. The average Bonchev–Trinajstić information content (AvgIpc) is 3.42. The third-order valence-electron chi connectivity index (χ3n) is 6.48. The van der Waals surface area contributed by atoms with E-state index in [9.17, 15) is 14.4 Å². The highest BCUT2D eigenvalue weighted by Gasteiger charge is 2.22. The van der Waals surface area contributed by atoms with Crippen molar-refractivity contribution < 1.29 is 14.3 Å². The van der Waals surface area contributed by atoms with E-state index in [0.29, 0.717) is 52.0 Å². The predicted molar refractivity (Wildman–Crippen MR) is 151 cm³/mol. The van der Waals surface area contributed by atoms with Crippen molar-refractivity contribution >= 4 is 34.6 Å². The molecule has 0 atom stereocenters. The zero-order valence-corrected chi connectivity index (χ0v) is 22.8. The highest BCUT2D eigenvalue weighted by atomic mass is 35.5. The molecule has 2 amide bonds. The number of primary amides is 1. The number of methoxy groups -OCH3 is 1. The lowest BCUT2D eigenvalue weighted by molar-refractivity contribution is 0.0996. The monoisotopic (exact) mass is 559 g/mol. The summed E-state index contributed by atoms with van der Waals surface area (Å²) in [5, 5.41) is 12.1. The molecule has 0 saturated carbocycles. The number of hydrogen-bond donors (Lipinski definition) is 2. The van der Waals surface area contributed by atoms with Gasteiger partial charge in [-0.2, -0.15) is 10.2 Å². The number of amides is 2. The smallest absolute Gasteiger partial charge is 0.350 e. The summed E-state index contributed by atoms with van der Waals surface area (Å²) < 4.78 is 9.75. The summed E-state index contributed by atoms with van der Waals surface area (Å²) in [4.78, 5) is 37.6. The lowest BCUT2D eigenvalue weighted by Gasteiger charge is -2.10. The van der Waals surface area contributed by atoms with E-state index < -0.39 is 11.8 Å². The third-order valence-corrected chi connectivity index (χ3v) is 6.69. The second kappa shape index (κ2) is 10.8. The van der Waals surface area contributed by atoms with Crippen molar-refractivity contribution in [3.63, 3.8) is 0 Å². The number of anilines is 1. The van der Waals surface area contributed by atoms with E-state index in [1.165, 1.54) is 15.3 Å². The molecule has 3 N–H and O–H groups in total. The van der Waals surface area contributed by atoms with Crippen LogP contribution in [-0.2, 0) is 18.2 Å². The van der Waals surface area contributed by atoms with E-state index in [0.717, 1.165) is 11.1 Å². The zero-order valence-electron chi connectivity index (χ0n) is 22.0. The van der Waals surface area contributed by atoms with Crippen LogP contribution in [0.5, 0.6) is 0 Å². The van der Waals surface area contributed by atoms with Crippen molar-refractivity contribution in [3.8, 4) is 16.9 Å². The first-order chi connectivity index (χ1) is 19.2. The van der Waals surface area contributed by atoms with Gasteiger partial charge in [0.1, 0.15) is 5.82 Å². The number of aryl methyl sites for hydroxylation is 2. The summed E-state index contributed by atoms with van der Waals surface area (Å²) in [7, 11) is 3.20. The van der Waals surface area contributed by atoms with Crippen LogP contribution in [0.15, 0.2) is 65.6 Å². The maximum atomic E-state index is 13.5. The lowest BCUT2D eigenvalue weighted by atomic mass is 10.0.